The first-order valence-electron chi connectivity index (χ1n) is 8.72. The van der Waals surface area contributed by atoms with Gasteiger partial charge in [0.05, 0.1) is 12.1 Å². The lowest BCUT2D eigenvalue weighted by Crippen LogP contribution is -2.41. The predicted molar refractivity (Wildman–Crippen MR) is 102 cm³/mol. The molecule has 0 radical (unpaired) electrons. The van der Waals surface area contributed by atoms with Crippen molar-refractivity contribution >= 4 is 17.8 Å². The summed E-state index contributed by atoms with van der Waals surface area (Å²) < 4.78 is 0. The number of amides is 2. The topological polar surface area (TPSA) is 77.9 Å². The van der Waals surface area contributed by atoms with E-state index in [1.807, 2.05) is 30.3 Å². The highest BCUT2D eigenvalue weighted by Crippen LogP contribution is 2.08. The summed E-state index contributed by atoms with van der Waals surface area (Å²) in [6.45, 7) is 2.31. The minimum atomic E-state index is -0.985. The summed E-state index contributed by atoms with van der Waals surface area (Å²) >= 11 is 0. The number of carboxylic acids is 1. The predicted octanol–water partition coefficient (Wildman–Crippen LogP) is 2.43. The maximum atomic E-state index is 12.5. The summed E-state index contributed by atoms with van der Waals surface area (Å²) in [6.07, 6.45) is 0.689. The summed E-state index contributed by atoms with van der Waals surface area (Å²) in [5, 5.41) is 8.93. The van der Waals surface area contributed by atoms with E-state index in [4.69, 9.17) is 5.11 Å². The number of rotatable bonds is 8. The van der Waals surface area contributed by atoms with E-state index >= 15 is 0 Å². The standard InChI is InChI=1S/C21H24N2O4/c1-16(24)23(13-12-17-6-4-3-5-7-17)15-20(25)22(2)14-18-8-10-19(11-9-18)21(26)27/h3-11H,12-15H2,1-2H3,(H,26,27). The van der Waals surface area contributed by atoms with Gasteiger partial charge in [-0.3, -0.25) is 9.59 Å². The van der Waals surface area contributed by atoms with Crippen LogP contribution in [0, 0.1) is 0 Å². The van der Waals surface area contributed by atoms with Gasteiger partial charge in [0.1, 0.15) is 0 Å². The van der Waals surface area contributed by atoms with Gasteiger partial charge in [0.25, 0.3) is 0 Å². The summed E-state index contributed by atoms with van der Waals surface area (Å²) in [6, 6.07) is 16.2. The second-order valence-corrected chi connectivity index (χ2v) is 6.43. The van der Waals surface area contributed by atoms with Gasteiger partial charge in [0.2, 0.25) is 11.8 Å². The summed E-state index contributed by atoms with van der Waals surface area (Å²) in [5.41, 5.74) is 2.15. The number of hydrogen-bond donors (Lipinski definition) is 1. The van der Waals surface area contributed by atoms with E-state index in [2.05, 4.69) is 0 Å². The molecule has 27 heavy (non-hydrogen) atoms. The van der Waals surface area contributed by atoms with Crippen molar-refractivity contribution in [1.29, 1.82) is 0 Å². The van der Waals surface area contributed by atoms with E-state index in [-0.39, 0.29) is 23.9 Å². The molecular formula is C21H24N2O4. The lowest BCUT2D eigenvalue weighted by Gasteiger charge is -2.24. The average molecular weight is 368 g/mol. The molecule has 6 heteroatoms. The van der Waals surface area contributed by atoms with Gasteiger partial charge in [-0.2, -0.15) is 0 Å². The van der Waals surface area contributed by atoms with E-state index in [0.29, 0.717) is 19.5 Å². The third kappa shape index (κ3) is 6.26. The molecule has 2 aromatic rings. The second-order valence-electron chi connectivity index (χ2n) is 6.43. The van der Waals surface area contributed by atoms with Crippen molar-refractivity contribution in [1.82, 2.24) is 9.80 Å². The molecule has 6 nitrogen and oxygen atoms in total. The molecule has 0 atom stereocenters. The Morgan fingerprint density at radius 2 is 1.56 bits per heavy atom. The fourth-order valence-electron chi connectivity index (χ4n) is 2.66. The van der Waals surface area contributed by atoms with Crippen LogP contribution in [-0.4, -0.2) is 52.8 Å². The first-order chi connectivity index (χ1) is 12.9. The molecule has 0 aliphatic rings. The van der Waals surface area contributed by atoms with E-state index in [1.54, 1.807) is 24.1 Å². The van der Waals surface area contributed by atoms with Crippen LogP contribution in [0.4, 0.5) is 0 Å². The van der Waals surface area contributed by atoms with Crippen molar-refractivity contribution < 1.29 is 19.5 Å². The van der Waals surface area contributed by atoms with Gasteiger partial charge in [-0.25, -0.2) is 4.79 Å². The van der Waals surface area contributed by atoms with Crippen molar-refractivity contribution in [2.24, 2.45) is 0 Å². The highest BCUT2D eigenvalue weighted by Gasteiger charge is 2.17. The van der Waals surface area contributed by atoms with Crippen LogP contribution in [0.1, 0.15) is 28.4 Å². The lowest BCUT2D eigenvalue weighted by atomic mass is 10.1. The Balaban J connectivity index is 1.91. The molecule has 2 amide bonds. The van der Waals surface area contributed by atoms with Gasteiger partial charge < -0.3 is 14.9 Å². The van der Waals surface area contributed by atoms with Crippen LogP contribution >= 0.6 is 0 Å². The van der Waals surface area contributed by atoms with Crippen LogP contribution in [0.15, 0.2) is 54.6 Å². The molecule has 1 N–H and O–H groups in total. The van der Waals surface area contributed by atoms with Crippen LogP contribution in [0.2, 0.25) is 0 Å². The van der Waals surface area contributed by atoms with Gasteiger partial charge in [0.15, 0.2) is 0 Å². The molecule has 0 bridgehead atoms. The van der Waals surface area contributed by atoms with Gasteiger partial charge >= 0.3 is 5.97 Å². The summed E-state index contributed by atoms with van der Waals surface area (Å²) in [4.78, 5) is 38.3. The Hall–Kier alpha value is -3.15. The first-order valence-corrected chi connectivity index (χ1v) is 8.72. The van der Waals surface area contributed by atoms with Crippen LogP contribution in [-0.2, 0) is 22.6 Å². The van der Waals surface area contributed by atoms with Crippen LogP contribution in [0.5, 0.6) is 0 Å². The third-order valence-corrected chi connectivity index (χ3v) is 4.33. The molecule has 0 unspecified atom stereocenters. The molecule has 0 aliphatic carbocycles. The van der Waals surface area contributed by atoms with Gasteiger partial charge in [-0.05, 0) is 29.7 Å². The first kappa shape index (κ1) is 20.2. The van der Waals surface area contributed by atoms with Crippen molar-refractivity contribution in [2.75, 3.05) is 20.1 Å². The molecule has 0 spiro atoms. The molecule has 0 aliphatic heterocycles. The third-order valence-electron chi connectivity index (χ3n) is 4.33. The fraction of sp³-hybridized carbons (Fsp3) is 0.286. The van der Waals surface area contributed by atoms with Crippen molar-refractivity contribution in [3.63, 3.8) is 0 Å². The molecule has 2 rings (SSSR count). The second kappa shape index (κ2) is 9.52. The Morgan fingerprint density at radius 3 is 2.11 bits per heavy atom. The number of carbonyl (C=O) groups excluding carboxylic acids is 2. The maximum absolute atomic E-state index is 12.5. The average Bonchev–Trinajstić information content (AvgIpc) is 2.65. The summed E-state index contributed by atoms with van der Waals surface area (Å²) in [5.74, 6) is -1.29. The fourth-order valence-corrected chi connectivity index (χ4v) is 2.66. The number of carbonyl (C=O) groups is 3. The van der Waals surface area contributed by atoms with Crippen LogP contribution < -0.4 is 0 Å². The molecule has 2 aromatic carbocycles. The smallest absolute Gasteiger partial charge is 0.335 e. The van der Waals surface area contributed by atoms with Crippen molar-refractivity contribution in [3.8, 4) is 0 Å². The Kier molecular flexibility index (Phi) is 7.11. The number of nitrogens with zero attached hydrogens (tertiary/aromatic N) is 2. The van der Waals surface area contributed by atoms with E-state index in [1.165, 1.54) is 24.0 Å². The number of carboxylic acid groups (broad SMARTS) is 1. The number of benzene rings is 2. The molecule has 0 aromatic heterocycles. The normalized spacial score (nSPS) is 10.3. The van der Waals surface area contributed by atoms with Crippen LogP contribution in [0.3, 0.4) is 0 Å². The van der Waals surface area contributed by atoms with E-state index < -0.39 is 5.97 Å². The SMILES string of the molecule is CC(=O)N(CCc1ccccc1)CC(=O)N(C)Cc1ccc(C(=O)O)cc1. The number of likely N-dealkylation sites (N-methyl/N-ethyl adjacent to an activating group) is 1. The molecule has 0 heterocycles. The van der Waals surface area contributed by atoms with Gasteiger partial charge in [-0.15, -0.1) is 0 Å². The zero-order valence-corrected chi connectivity index (χ0v) is 15.6. The largest absolute Gasteiger partial charge is 0.478 e. The molecule has 0 saturated heterocycles. The van der Waals surface area contributed by atoms with Gasteiger partial charge in [0, 0.05) is 27.1 Å². The minimum Gasteiger partial charge on any atom is -0.478 e. The number of aromatic carboxylic acids is 1. The molecule has 0 fully saturated rings. The van der Waals surface area contributed by atoms with Gasteiger partial charge in [-0.1, -0.05) is 42.5 Å². The Morgan fingerprint density at radius 1 is 0.926 bits per heavy atom. The number of hydrogen-bond acceptors (Lipinski definition) is 3. The lowest BCUT2D eigenvalue weighted by molar-refractivity contribution is -0.138. The van der Waals surface area contributed by atoms with E-state index in [9.17, 15) is 14.4 Å². The zero-order valence-electron chi connectivity index (χ0n) is 15.6. The molecule has 0 saturated carbocycles. The monoisotopic (exact) mass is 368 g/mol. The quantitative estimate of drug-likeness (QED) is 0.776. The zero-order chi connectivity index (χ0) is 19.8. The Labute approximate surface area is 159 Å². The highest BCUT2D eigenvalue weighted by atomic mass is 16.4. The Bertz CT molecular complexity index is 788. The van der Waals surface area contributed by atoms with Crippen molar-refractivity contribution in [2.45, 2.75) is 19.9 Å². The van der Waals surface area contributed by atoms with Crippen LogP contribution in [0.25, 0.3) is 0 Å². The van der Waals surface area contributed by atoms with Crippen molar-refractivity contribution in [3.05, 3.63) is 71.3 Å². The molecular weight excluding hydrogens is 344 g/mol. The highest BCUT2D eigenvalue weighted by molar-refractivity contribution is 5.87. The summed E-state index contributed by atoms with van der Waals surface area (Å²) in [7, 11) is 1.67. The maximum Gasteiger partial charge on any atom is 0.335 e. The van der Waals surface area contributed by atoms with E-state index in [0.717, 1.165) is 11.1 Å². The molecule has 142 valence electrons. The minimum absolute atomic E-state index is 0.0197.